The topological polar surface area (TPSA) is 128 Å². The first kappa shape index (κ1) is 28.1. The highest BCUT2D eigenvalue weighted by molar-refractivity contribution is 5.91. The molecule has 206 valence electrons. The summed E-state index contributed by atoms with van der Waals surface area (Å²) in [7, 11) is 0. The van der Waals surface area contributed by atoms with Gasteiger partial charge in [-0.15, -0.1) is 0 Å². The van der Waals surface area contributed by atoms with E-state index in [1.54, 1.807) is 37.5 Å². The molecule has 2 aliphatic heterocycles. The zero-order chi connectivity index (χ0) is 27.5. The van der Waals surface area contributed by atoms with E-state index in [2.05, 4.69) is 31.7 Å². The highest BCUT2D eigenvalue weighted by Crippen LogP contribution is 2.24. The van der Waals surface area contributed by atoms with E-state index < -0.39 is 5.83 Å². The number of hydrogen-bond acceptors (Lipinski definition) is 10. The summed E-state index contributed by atoms with van der Waals surface area (Å²) >= 11 is 0. The number of aromatic nitrogens is 2. The Bertz CT molecular complexity index is 1210. The second kappa shape index (κ2) is 14.3. The van der Waals surface area contributed by atoms with Crippen LogP contribution in [-0.4, -0.2) is 92.8 Å². The van der Waals surface area contributed by atoms with E-state index in [1.807, 2.05) is 9.80 Å². The van der Waals surface area contributed by atoms with Gasteiger partial charge in [-0.3, -0.25) is 14.7 Å². The number of ether oxygens (including phenoxy) is 2. The Hall–Kier alpha value is -3.92. The van der Waals surface area contributed by atoms with Gasteiger partial charge in [-0.05, 0) is 37.1 Å². The molecule has 0 aliphatic carbocycles. The van der Waals surface area contributed by atoms with Gasteiger partial charge in [0.1, 0.15) is 30.2 Å². The van der Waals surface area contributed by atoms with Crippen molar-refractivity contribution < 1.29 is 18.7 Å². The van der Waals surface area contributed by atoms with Gasteiger partial charge in [-0.1, -0.05) is 0 Å². The smallest absolute Gasteiger partial charge is 0.239 e. The number of rotatable bonds is 9. The molecule has 0 bridgehead atoms. The van der Waals surface area contributed by atoms with Crippen molar-refractivity contribution >= 4 is 35.0 Å². The lowest BCUT2D eigenvalue weighted by atomic mass is 10.1. The molecule has 2 fully saturated rings. The minimum absolute atomic E-state index is 0.128. The third kappa shape index (κ3) is 8.28. The minimum Gasteiger partial charge on any atom is -0.380 e. The summed E-state index contributed by atoms with van der Waals surface area (Å²) in [6.07, 6.45) is 5.15. The van der Waals surface area contributed by atoms with Crippen LogP contribution < -0.4 is 15.5 Å². The van der Waals surface area contributed by atoms with Crippen molar-refractivity contribution in [1.29, 1.82) is 5.26 Å². The normalized spacial score (nSPS) is 17.3. The second-order valence-corrected chi connectivity index (χ2v) is 9.15. The van der Waals surface area contributed by atoms with Crippen molar-refractivity contribution in [2.45, 2.75) is 13.3 Å². The van der Waals surface area contributed by atoms with Gasteiger partial charge in [0.15, 0.2) is 0 Å². The third-order valence-corrected chi connectivity index (χ3v) is 6.38. The molecule has 2 aromatic rings. The number of nitriles is 1. The molecule has 2 aliphatic rings. The van der Waals surface area contributed by atoms with Gasteiger partial charge in [0.2, 0.25) is 5.91 Å². The van der Waals surface area contributed by atoms with Crippen LogP contribution in [0.2, 0.25) is 0 Å². The molecule has 2 aromatic heterocycles. The molecule has 0 unspecified atom stereocenters. The van der Waals surface area contributed by atoms with E-state index in [0.29, 0.717) is 73.5 Å². The zero-order valence-electron chi connectivity index (χ0n) is 22.0. The maximum atomic E-state index is 14.8. The fraction of sp³-hybridized carbons (Fsp3) is 0.444. The van der Waals surface area contributed by atoms with E-state index >= 15 is 0 Å². The van der Waals surface area contributed by atoms with E-state index in [4.69, 9.17) is 9.47 Å². The van der Waals surface area contributed by atoms with Gasteiger partial charge in [0.05, 0.1) is 50.0 Å². The fourth-order valence-corrected chi connectivity index (χ4v) is 4.17. The third-order valence-electron chi connectivity index (χ3n) is 6.38. The Morgan fingerprint density at radius 2 is 1.95 bits per heavy atom. The number of nitrogens with zero attached hydrogens (tertiary/aromatic N) is 6. The summed E-state index contributed by atoms with van der Waals surface area (Å²) in [6, 6.07) is 7.29. The lowest BCUT2D eigenvalue weighted by molar-refractivity contribution is -0.118. The van der Waals surface area contributed by atoms with E-state index in [1.165, 1.54) is 0 Å². The van der Waals surface area contributed by atoms with E-state index in [-0.39, 0.29) is 12.6 Å². The van der Waals surface area contributed by atoms with Crippen LogP contribution in [0.4, 0.5) is 21.7 Å². The molecule has 0 atom stereocenters. The van der Waals surface area contributed by atoms with Crippen molar-refractivity contribution in [3.05, 3.63) is 47.5 Å². The van der Waals surface area contributed by atoms with Gasteiger partial charge in [0, 0.05) is 44.5 Å². The zero-order valence-corrected chi connectivity index (χ0v) is 22.0. The first-order chi connectivity index (χ1) is 19.0. The van der Waals surface area contributed by atoms with Crippen LogP contribution in [0.1, 0.15) is 24.5 Å². The van der Waals surface area contributed by atoms with Crippen molar-refractivity contribution in [2.75, 3.05) is 81.4 Å². The SMILES string of the molecule is C/C(=C(F)\C=N/CNc1ccc(NC(=O)CN2CCOCC2)nc1)c1cnc(N2CCCOCC2)c(C#N)c1. The Labute approximate surface area is 227 Å². The van der Waals surface area contributed by atoms with Crippen molar-refractivity contribution in [2.24, 2.45) is 4.99 Å². The Balaban J connectivity index is 1.28. The summed E-state index contributed by atoms with van der Waals surface area (Å²) in [5.41, 5.74) is 1.94. The highest BCUT2D eigenvalue weighted by Gasteiger charge is 2.17. The second-order valence-electron chi connectivity index (χ2n) is 9.15. The van der Waals surface area contributed by atoms with Crippen molar-refractivity contribution in [1.82, 2.24) is 14.9 Å². The van der Waals surface area contributed by atoms with Crippen LogP contribution in [0.3, 0.4) is 0 Å². The summed E-state index contributed by atoms with van der Waals surface area (Å²) in [5.74, 6) is 0.395. The van der Waals surface area contributed by atoms with Crippen molar-refractivity contribution in [3.8, 4) is 6.07 Å². The number of morpholine rings is 1. The number of halogens is 1. The lowest BCUT2D eigenvalue weighted by Crippen LogP contribution is -2.41. The van der Waals surface area contributed by atoms with Gasteiger partial charge in [-0.25, -0.2) is 14.4 Å². The van der Waals surface area contributed by atoms with Crippen LogP contribution in [-0.2, 0) is 14.3 Å². The first-order valence-corrected chi connectivity index (χ1v) is 12.9. The first-order valence-electron chi connectivity index (χ1n) is 12.9. The fourth-order valence-electron chi connectivity index (χ4n) is 4.17. The average Bonchev–Trinajstić information content (AvgIpc) is 3.25. The number of carbonyl (C=O) groups is 1. The van der Waals surface area contributed by atoms with Gasteiger partial charge < -0.3 is 25.0 Å². The number of carbonyl (C=O) groups excluding carboxylic acids is 1. The van der Waals surface area contributed by atoms with Gasteiger partial charge >= 0.3 is 0 Å². The maximum absolute atomic E-state index is 14.8. The standard InChI is InChI=1S/C27H33FN8O3/c1-20(22-13-21(14-29)27(32-15-22)36-5-2-9-38-12-8-36)24(28)17-30-19-33-23-3-4-25(31-16-23)34-26(37)18-35-6-10-39-11-7-35/h3-4,13,15-17,33H,2,5-12,18-19H2,1H3,(H,31,34,37)/b24-20-,30-17-. The molecular formula is C27H33FN8O3. The number of aliphatic imine (C=N–C) groups is 1. The Kier molecular flexibility index (Phi) is 10.3. The highest BCUT2D eigenvalue weighted by atomic mass is 19.1. The Morgan fingerprint density at radius 1 is 1.15 bits per heavy atom. The van der Waals surface area contributed by atoms with E-state index in [9.17, 15) is 14.4 Å². The minimum atomic E-state index is -0.519. The number of nitrogens with one attached hydrogen (secondary N) is 2. The summed E-state index contributed by atoms with van der Waals surface area (Å²) < 4.78 is 25.6. The summed E-state index contributed by atoms with van der Waals surface area (Å²) in [6.45, 7) is 7.47. The van der Waals surface area contributed by atoms with Crippen molar-refractivity contribution in [3.63, 3.8) is 0 Å². The van der Waals surface area contributed by atoms with Crippen LogP contribution in [0.15, 0.2) is 41.4 Å². The molecule has 0 aromatic carbocycles. The molecule has 2 N–H and O–H groups in total. The number of pyridine rings is 2. The summed E-state index contributed by atoms with van der Waals surface area (Å²) in [4.78, 5) is 29.1. The quantitative estimate of drug-likeness (QED) is 0.465. The van der Waals surface area contributed by atoms with Crippen LogP contribution in [0.25, 0.3) is 5.57 Å². The molecule has 1 amide bonds. The average molecular weight is 537 g/mol. The van der Waals surface area contributed by atoms with Crippen LogP contribution in [0.5, 0.6) is 0 Å². The lowest BCUT2D eigenvalue weighted by Gasteiger charge is -2.25. The molecule has 0 saturated carbocycles. The molecule has 0 spiro atoms. The largest absolute Gasteiger partial charge is 0.380 e. The number of hydrogen-bond donors (Lipinski definition) is 2. The molecular weight excluding hydrogens is 503 g/mol. The summed E-state index contributed by atoms with van der Waals surface area (Å²) in [5, 5.41) is 15.5. The molecule has 4 rings (SSSR count). The monoisotopic (exact) mass is 536 g/mol. The predicted octanol–water partition coefficient (Wildman–Crippen LogP) is 2.69. The molecule has 12 heteroatoms. The molecule has 0 radical (unpaired) electrons. The molecule has 39 heavy (non-hydrogen) atoms. The maximum Gasteiger partial charge on any atom is 0.239 e. The van der Waals surface area contributed by atoms with Crippen LogP contribution in [0, 0.1) is 11.3 Å². The van der Waals surface area contributed by atoms with Crippen LogP contribution >= 0.6 is 0 Å². The number of allylic oxidation sites excluding steroid dienone is 2. The molecule has 11 nitrogen and oxygen atoms in total. The number of amides is 1. The Morgan fingerprint density at radius 3 is 2.72 bits per heavy atom. The molecule has 4 heterocycles. The van der Waals surface area contributed by atoms with Gasteiger partial charge in [0.25, 0.3) is 0 Å². The van der Waals surface area contributed by atoms with Gasteiger partial charge in [-0.2, -0.15) is 5.26 Å². The number of anilines is 3. The predicted molar refractivity (Wildman–Crippen MR) is 147 cm³/mol. The molecule has 2 saturated heterocycles. The van der Waals surface area contributed by atoms with E-state index in [0.717, 1.165) is 32.3 Å².